The van der Waals surface area contributed by atoms with E-state index in [1.54, 1.807) is 0 Å². The maximum absolute atomic E-state index is 12.5. The second-order valence-electron chi connectivity index (χ2n) is 6.87. The van der Waals surface area contributed by atoms with Crippen molar-refractivity contribution in [1.82, 2.24) is 5.32 Å². The molecule has 3 N–H and O–H groups in total. The van der Waals surface area contributed by atoms with Crippen molar-refractivity contribution in [3.63, 3.8) is 0 Å². The molecular formula is C18H28N3O2+. The maximum Gasteiger partial charge on any atom is 0.279 e. The fourth-order valence-electron chi connectivity index (χ4n) is 3.01. The van der Waals surface area contributed by atoms with Crippen molar-refractivity contribution in [3.05, 3.63) is 29.3 Å². The van der Waals surface area contributed by atoms with Gasteiger partial charge in [-0.15, -0.1) is 0 Å². The first-order valence-corrected chi connectivity index (χ1v) is 8.41. The largest absolute Gasteiger partial charge is 0.346 e. The van der Waals surface area contributed by atoms with Crippen LogP contribution in [0.4, 0.5) is 5.69 Å². The van der Waals surface area contributed by atoms with Gasteiger partial charge in [-0.25, -0.2) is 0 Å². The van der Waals surface area contributed by atoms with Crippen molar-refractivity contribution >= 4 is 17.5 Å². The topological polar surface area (TPSA) is 62.6 Å². The molecular weight excluding hydrogens is 290 g/mol. The van der Waals surface area contributed by atoms with Crippen molar-refractivity contribution in [1.29, 1.82) is 0 Å². The van der Waals surface area contributed by atoms with Gasteiger partial charge in [0.25, 0.3) is 11.8 Å². The van der Waals surface area contributed by atoms with Crippen molar-refractivity contribution in [2.45, 2.75) is 39.5 Å². The number of hydrogen-bond acceptors (Lipinski definition) is 2. The van der Waals surface area contributed by atoms with E-state index in [1.807, 2.05) is 0 Å². The summed E-state index contributed by atoms with van der Waals surface area (Å²) in [6.45, 7) is 10.7. The molecule has 0 spiro atoms. The van der Waals surface area contributed by atoms with Crippen LogP contribution < -0.4 is 15.5 Å². The number of carbonyl (C=O) groups excluding carboxylic acids is 2. The van der Waals surface area contributed by atoms with Crippen molar-refractivity contribution < 1.29 is 14.5 Å². The van der Waals surface area contributed by atoms with Crippen LogP contribution in [0.1, 0.15) is 50.7 Å². The van der Waals surface area contributed by atoms with Crippen LogP contribution in [0.5, 0.6) is 0 Å². The predicted octanol–water partition coefficient (Wildman–Crippen LogP) is 0.887. The second kappa shape index (κ2) is 7.59. The van der Waals surface area contributed by atoms with Crippen LogP contribution in [0.3, 0.4) is 0 Å². The Morgan fingerprint density at radius 3 is 2.35 bits per heavy atom. The minimum Gasteiger partial charge on any atom is -0.346 e. The summed E-state index contributed by atoms with van der Waals surface area (Å²) < 4.78 is 0. The van der Waals surface area contributed by atoms with E-state index in [-0.39, 0.29) is 11.8 Å². The average molecular weight is 318 g/mol. The minimum atomic E-state index is -0.0234. The molecule has 1 aromatic rings. The van der Waals surface area contributed by atoms with E-state index in [9.17, 15) is 9.59 Å². The number of amides is 2. The van der Waals surface area contributed by atoms with Crippen molar-refractivity contribution in [2.24, 2.45) is 0 Å². The van der Waals surface area contributed by atoms with E-state index in [0.29, 0.717) is 31.5 Å². The fourth-order valence-corrected chi connectivity index (χ4v) is 3.01. The summed E-state index contributed by atoms with van der Waals surface area (Å²) in [6, 6.07) is 6.21. The van der Waals surface area contributed by atoms with Crippen LogP contribution >= 0.6 is 0 Å². The lowest BCUT2D eigenvalue weighted by molar-refractivity contribution is -0.885. The molecule has 2 rings (SSSR count). The standard InChI is InChI=1S/C18H27N3O2/c1-12(2)14-6-5-7-15(13(3)4)18(14)20-17(23)11-21-9-8-19-16(22)10-21/h5-7,12-13H,8-11H2,1-4H3,(H,19,22)(H,20,23)/p+1. The van der Waals surface area contributed by atoms with Crippen LogP contribution in [0.25, 0.3) is 0 Å². The molecule has 0 bridgehead atoms. The Bertz CT molecular complexity index is 555. The van der Waals surface area contributed by atoms with E-state index in [0.717, 1.165) is 28.3 Å². The van der Waals surface area contributed by atoms with Gasteiger partial charge in [0.1, 0.15) is 0 Å². The van der Waals surface area contributed by atoms with E-state index in [4.69, 9.17) is 0 Å². The van der Waals surface area contributed by atoms with Crippen molar-refractivity contribution in [3.8, 4) is 0 Å². The molecule has 126 valence electrons. The first-order chi connectivity index (χ1) is 10.9. The van der Waals surface area contributed by atoms with Gasteiger partial charge in [-0.3, -0.25) is 9.59 Å². The van der Waals surface area contributed by atoms with E-state index in [2.05, 4.69) is 56.5 Å². The number of piperazine rings is 1. The van der Waals surface area contributed by atoms with Crippen LogP contribution in [0.2, 0.25) is 0 Å². The Morgan fingerprint density at radius 2 is 1.83 bits per heavy atom. The second-order valence-corrected chi connectivity index (χ2v) is 6.87. The Kier molecular flexibility index (Phi) is 5.77. The summed E-state index contributed by atoms with van der Waals surface area (Å²) in [5.41, 5.74) is 3.27. The molecule has 23 heavy (non-hydrogen) atoms. The number of carbonyl (C=O) groups is 2. The quantitative estimate of drug-likeness (QED) is 0.755. The zero-order chi connectivity index (χ0) is 17.0. The van der Waals surface area contributed by atoms with Gasteiger partial charge in [-0.2, -0.15) is 0 Å². The minimum absolute atomic E-state index is 0.0181. The first kappa shape index (κ1) is 17.5. The summed E-state index contributed by atoms with van der Waals surface area (Å²) in [6.07, 6.45) is 0. The zero-order valence-corrected chi connectivity index (χ0v) is 14.5. The molecule has 5 heteroatoms. The third kappa shape index (κ3) is 4.55. The Labute approximate surface area is 138 Å². The molecule has 1 saturated heterocycles. The predicted molar refractivity (Wildman–Crippen MR) is 91.8 cm³/mol. The maximum atomic E-state index is 12.5. The summed E-state index contributed by atoms with van der Waals surface area (Å²) in [4.78, 5) is 24.9. The first-order valence-electron chi connectivity index (χ1n) is 8.41. The molecule has 0 aromatic heterocycles. The molecule has 2 amide bonds. The molecule has 1 aromatic carbocycles. The fraction of sp³-hybridized carbons (Fsp3) is 0.556. The molecule has 5 nitrogen and oxygen atoms in total. The number of benzene rings is 1. The summed E-state index contributed by atoms with van der Waals surface area (Å²) in [5, 5.41) is 5.90. The number of quaternary nitrogens is 1. The monoisotopic (exact) mass is 318 g/mol. The van der Waals surface area contributed by atoms with Gasteiger partial charge < -0.3 is 15.5 Å². The van der Waals surface area contributed by atoms with E-state index in [1.165, 1.54) is 0 Å². The van der Waals surface area contributed by atoms with Gasteiger partial charge in [0.15, 0.2) is 13.1 Å². The Balaban J connectivity index is 2.14. The smallest absolute Gasteiger partial charge is 0.279 e. The third-order valence-corrected chi connectivity index (χ3v) is 4.26. The van der Waals surface area contributed by atoms with E-state index < -0.39 is 0 Å². The number of para-hydroxylation sites is 1. The van der Waals surface area contributed by atoms with Crippen LogP contribution in [-0.2, 0) is 9.59 Å². The van der Waals surface area contributed by atoms with Gasteiger partial charge in [-0.05, 0) is 23.0 Å². The molecule has 0 aliphatic carbocycles. The Hall–Kier alpha value is -1.88. The lowest BCUT2D eigenvalue weighted by atomic mass is 9.92. The van der Waals surface area contributed by atoms with Gasteiger partial charge >= 0.3 is 0 Å². The zero-order valence-electron chi connectivity index (χ0n) is 14.5. The molecule has 0 radical (unpaired) electrons. The van der Waals surface area contributed by atoms with E-state index >= 15 is 0 Å². The molecule has 0 saturated carbocycles. The lowest BCUT2D eigenvalue weighted by Crippen LogP contribution is -3.16. The highest BCUT2D eigenvalue weighted by Crippen LogP contribution is 2.32. The summed E-state index contributed by atoms with van der Waals surface area (Å²) in [7, 11) is 0. The molecule has 1 atom stereocenters. The summed E-state index contributed by atoms with van der Waals surface area (Å²) in [5.74, 6) is 0.684. The number of rotatable bonds is 5. The molecule has 1 aliphatic heterocycles. The number of nitrogens with one attached hydrogen (secondary N) is 3. The van der Waals surface area contributed by atoms with Crippen LogP contribution in [0, 0.1) is 0 Å². The van der Waals surface area contributed by atoms with Gasteiger partial charge in [0.2, 0.25) is 0 Å². The summed E-state index contributed by atoms with van der Waals surface area (Å²) >= 11 is 0. The molecule has 1 fully saturated rings. The van der Waals surface area contributed by atoms with Gasteiger partial charge in [0.05, 0.1) is 13.1 Å². The highest BCUT2D eigenvalue weighted by Gasteiger charge is 2.23. The van der Waals surface area contributed by atoms with Gasteiger partial charge in [0, 0.05) is 5.69 Å². The third-order valence-electron chi connectivity index (χ3n) is 4.26. The average Bonchev–Trinajstić information content (AvgIpc) is 2.46. The number of hydrogen-bond donors (Lipinski definition) is 3. The SMILES string of the molecule is CC(C)c1cccc(C(C)C)c1NC(=O)C[NH+]1CCNC(=O)C1. The molecule has 1 aliphatic rings. The highest BCUT2D eigenvalue weighted by atomic mass is 16.2. The normalized spacial score (nSPS) is 18.2. The highest BCUT2D eigenvalue weighted by molar-refractivity contribution is 5.93. The van der Waals surface area contributed by atoms with Crippen LogP contribution in [-0.4, -0.2) is 38.0 Å². The van der Waals surface area contributed by atoms with Crippen molar-refractivity contribution in [2.75, 3.05) is 31.5 Å². The Morgan fingerprint density at radius 1 is 1.22 bits per heavy atom. The molecule has 1 unspecified atom stereocenters. The number of anilines is 1. The lowest BCUT2D eigenvalue weighted by Gasteiger charge is -2.24. The van der Waals surface area contributed by atoms with Gasteiger partial charge in [-0.1, -0.05) is 45.9 Å². The molecule has 1 heterocycles. The van der Waals surface area contributed by atoms with Crippen LogP contribution in [0.15, 0.2) is 18.2 Å².